The van der Waals surface area contributed by atoms with Gasteiger partial charge in [0, 0.05) is 37.9 Å². The molecule has 1 fully saturated rings. The Balaban J connectivity index is 1.56. The van der Waals surface area contributed by atoms with Gasteiger partial charge in [0.25, 0.3) is 0 Å². The average Bonchev–Trinajstić information content (AvgIpc) is 2.79. The second-order valence-electron chi connectivity index (χ2n) is 7.84. The van der Waals surface area contributed by atoms with Crippen LogP contribution in [-0.4, -0.2) is 59.7 Å². The van der Waals surface area contributed by atoms with Gasteiger partial charge >= 0.3 is 12.1 Å². The third-order valence-corrected chi connectivity index (χ3v) is 5.60. The Morgan fingerprint density at radius 2 is 1.97 bits per heavy atom. The lowest BCUT2D eigenvalue weighted by molar-refractivity contribution is 0.0792. The topological polar surface area (TPSA) is 86.8 Å². The first-order chi connectivity index (χ1) is 15.4. The second kappa shape index (κ2) is 10.9. The van der Waals surface area contributed by atoms with Crippen LogP contribution in [0.25, 0.3) is 0 Å². The van der Waals surface area contributed by atoms with Crippen molar-refractivity contribution in [2.45, 2.75) is 39.3 Å². The number of hydrogen-bond donors (Lipinski definition) is 2. The van der Waals surface area contributed by atoms with Crippen molar-refractivity contribution in [1.82, 2.24) is 14.8 Å². The number of amides is 3. The van der Waals surface area contributed by atoms with Gasteiger partial charge < -0.3 is 20.3 Å². The predicted molar refractivity (Wildman–Crippen MR) is 121 cm³/mol. The summed E-state index contributed by atoms with van der Waals surface area (Å²) in [5.74, 6) is -0.499. The number of nitrogens with one attached hydrogen (secondary N) is 2. The molecule has 0 atom stereocenters. The summed E-state index contributed by atoms with van der Waals surface area (Å²) in [5.41, 5.74) is 2.39. The Morgan fingerprint density at radius 3 is 2.59 bits per heavy atom. The highest BCUT2D eigenvalue weighted by atomic mass is 19.1. The summed E-state index contributed by atoms with van der Waals surface area (Å²) in [6.45, 7) is 6.69. The maximum atomic E-state index is 14.3. The van der Waals surface area contributed by atoms with Crippen molar-refractivity contribution in [3.05, 3.63) is 53.6 Å². The molecule has 1 aromatic heterocycles. The van der Waals surface area contributed by atoms with Crippen LogP contribution in [0, 0.1) is 12.7 Å². The van der Waals surface area contributed by atoms with E-state index in [0.29, 0.717) is 18.8 Å². The van der Waals surface area contributed by atoms with Crippen molar-refractivity contribution >= 4 is 23.5 Å². The Hall–Kier alpha value is -3.20. The number of rotatable bonds is 6. The Labute approximate surface area is 187 Å². The first kappa shape index (κ1) is 23.5. The summed E-state index contributed by atoms with van der Waals surface area (Å²) in [5, 5.41) is 5.22. The van der Waals surface area contributed by atoms with E-state index in [1.54, 1.807) is 35.4 Å². The highest BCUT2D eigenvalue weighted by molar-refractivity contribution is 5.99. The van der Waals surface area contributed by atoms with Gasteiger partial charge in [0.1, 0.15) is 5.82 Å². The predicted octanol–water partition coefficient (Wildman–Crippen LogP) is 4.23. The number of benzene rings is 1. The summed E-state index contributed by atoms with van der Waals surface area (Å²) >= 11 is 0. The number of urea groups is 1. The first-order valence-electron chi connectivity index (χ1n) is 10.8. The summed E-state index contributed by atoms with van der Waals surface area (Å²) in [4.78, 5) is 32.3. The zero-order valence-corrected chi connectivity index (χ0v) is 18.7. The first-order valence-corrected chi connectivity index (χ1v) is 10.8. The minimum atomic E-state index is -0.532. The number of carbonyl (C=O) groups is 2. The van der Waals surface area contributed by atoms with Gasteiger partial charge in [-0.2, -0.15) is 0 Å². The SMILES string of the molecule is CCN(C(=O)OC)C1CCN(Cc2ccc(F)c(NC(=O)Nc3ccc(C)nc3)c2)CC1. The number of anilines is 2. The number of likely N-dealkylation sites (tertiary alicyclic amines) is 1. The minimum absolute atomic E-state index is 0.123. The molecule has 3 amide bonds. The normalized spacial score (nSPS) is 14.6. The third-order valence-electron chi connectivity index (χ3n) is 5.60. The molecular formula is C23H30FN5O3. The van der Waals surface area contributed by atoms with Gasteiger partial charge in [-0.3, -0.25) is 9.88 Å². The zero-order valence-electron chi connectivity index (χ0n) is 18.7. The van der Waals surface area contributed by atoms with Crippen LogP contribution < -0.4 is 10.6 Å². The van der Waals surface area contributed by atoms with Crippen LogP contribution in [0.2, 0.25) is 0 Å². The number of aryl methyl sites for hydroxylation is 1. The smallest absolute Gasteiger partial charge is 0.409 e. The highest BCUT2D eigenvalue weighted by Gasteiger charge is 2.27. The lowest BCUT2D eigenvalue weighted by atomic mass is 10.0. The molecule has 2 N–H and O–H groups in total. The molecule has 172 valence electrons. The molecule has 1 saturated heterocycles. The van der Waals surface area contributed by atoms with E-state index >= 15 is 0 Å². The van der Waals surface area contributed by atoms with E-state index in [0.717, 1.165) is 37.2 Å². The van der Waals surface area contributed by atoms with Crippen molar-refractivity contribution in [2.24, 2.45) is 0 Å². The molecule has 0 bridgehead atoms. The molecule has 1 aliphatic rings. The van der Waals surface area contributed by atoms with Crippen molar-refractivity contribution in [3.8, 4) is 0 Å². The van der Waals surface area contributed by atoms with Crippen molar-refractivity contribution in [3.63, 3.8) is 0 Å². The minimum Gasteiger partial charge on any atom is -0.453 e. The molecule has 0 aliphatic carbocycles. The number of hydrogen-bond acceptors (Lipinski definition) is 5. The molecule has 0 saturated carbocycles. The van der Waals surface area contributed by atoms with Crippen LogP contribution in [0.3, 0.4) is 0 Å². The van der Waals surface area contributed by atoms with E-state index < -0.39 is 11.8 Å². The summed E-state index contributed by atoms with van der Waals surface area (Å²) in [6.07, 6.45) is 2.95. The van der Waals surface area contributed by atoms with E-state index in [2.05, 4.69) is 20.5 Å². The highest BCUT2D eigenvalue weighted by Crippen LogP contribution is 2.22. The average molecular weight is 444 g/mol. The van der Waals surface area contributed by atoms with Crippen LogP contribution in [0.5, 0.6) is 0 Å². The second-order valence-corrected chi connectivity index (χ2v) is 7.84. The van der Waals surface area contributed by atoms with E-state index in [9.17, 15) is 14.0 Å². The molecule has 32 heavy (non-hydrogen) atoms. The van der Waals surface area contributed by atoms with Gasteiger partial charge in [0.15, 0.2) is 0 Å². The molecule has 8 nitrogen and oxygen atoms in total. The lowest BCUT2D eigenvalue weighted by Gasteiger charge is -2.37. The molecule has 0 spiro atoms. The molecule has 9 heteroatoms. The van der Waals surface area contributed by atoms with Gasteiger partial charge in [-0.1, -0.05) is 6.07 Å². The number of nitrogens with zero attached hydrogens (tertiary/aromatic N) is 3. The van der Waals surface area contributed by atoms with Crippen LogP contribution in [0.1, 0.15) is 31.0 Å². The summed E-state index contributed by atoms with van der Waals surface area (Å²) in [7, 11) is 1.40. The van der Waals surface area contributed by atoms with Crippen LogP contribution in [-0.2, 0) is 11.3 Å². The van der Waals surface area contributed by atoms with Crippen molar-refractivity contribution in [2.75, 3.05) is 37.4 Å². The Bertz CT molecular complexity index is 930. The monoisotopic (exact) mass is 443 g/mol. The van der Waals surface area contributed by atoms with Gasteiger partial charge in [0.05, 0.1) is 24.7 Å². The van der Waals surface area contributed by atoms with E-state index in [1.807, 2.05) is 13.8 Å². The Kier molecular flexibility index (Phi) is 7.99. The fourth-order valence-corrected chi connectivity index (χ4v) is 3.89. The van der Waals surface area contributed by atoms with Crippen LogP contribution in [0.15, 0.2) is 36.5 Å². The molecule has 0 unspecified atom stereocenters. The fraction of sp³-hybridized carbons (Fsp3) is 0.435. The zero-order chi connectivity index (χ0) is 23.1. The molecule has 2 aromatic rings. The fourth-order valence-electron chi connectivity index (χ4n) is 3.89. The molecule has 2 heterocycles. The number of methoxy groups -OCH3 is 1. The van der Waals surface area contributed by atoms with E-state index in [-0.39, 0.29) is 17.8 Å². The number of ether oxygens (including phenoxy) is 1. The van der Waals surface area contributed by atoms with Crippen molar-refractivity contribution < 1.29 is 18.7 Å². The number of carbonyl (C=O) groups excluding carboxylic acids is 2. The van der Waals surface area contributed by atoms with Crippen molar-refractivity contribution in [1.29, 1.82) is 0 Å². The van der Waals surface area contributed by atoms with Gasteiger partial charge in [-0.25, -0.2) is 14.0 Å². The van der Waals surface area contributed by atoms with Gasteiger partial charge in [-0.05, 0) is 56.5 Å². The molecule has 3 rings (SSSR count). The maximum absolute atomic E-state index is 14.3. The third kappa shape index (κ3) is 6.16. The summed E-state index contributed by atoms with van der Waals surface area (Å²) in [6, 6.07) is 7.89. The molecule has 1 aliphatic heterocycles. The van der Waals surface area contributed by atoms with Crippen LogP contribution in [0.4, 0.5) is 25.4 Å². The summed E-state index contributed by atoms with van der Waals surface area (Å²) < 4.78 is 19.1. The molecule has 1 aromatic carbocycles. The van der Waals surface area contributed by atoms with E-state index in [1.165, 1.54) is 13.2 Å². The van der Waals surface area contributed by atoms with Crippen LogP contribution >= 0.6 is 0 Å². The Morgan fingerprint density at radius 1 is 1.22 bits per heavy atom. The van der Waals surface area contributed by atoms with Gasteiger partial charge in [0.2, 0.25) is 0 Å². The lowest BCUT2D eigenvalue weighted by Crippen LogP contribution is -2.47. The number of piperidine rings is 1. The van der Waals surface area contributed by atoms with E-state index in [4.69, 9.17) is 4.74 Å². The number of aromatic nitrogens is 1. The maximum Gasteiger partial charge on any atom is 0.409 e. The standard InChI is InChI=1S/C23H30FN5O3/c1-4-29(23(31)32-3)19-9-11-28(12-10-19)15-17-6-8-20(24)21(13-17)27-22(30)26-18-7-5-16(2)25-14-18/h5-8,13-14,19H,4,9-12,15H2,1-3H3,(H2,26,27,30). The number of pyridine rings is 1. The largest absolute Gasteiger partial charge is 0.453 e. The number of halogens is 1. The molecule has 0 radical (unpaired) electrons. The quantitative estimate of drug-likeness (QED) is 0.698. The molecular weight excluding hydrogens is 413 g/mol. The van der Waals surface area contributed by atoms with Gasteiger partial charge in [-0.15, -0.1) is 0 Å².